The molecule has 1 atom stereocenters. The molecule has 6 heteroatoms. The zero-order valence-corrected chi connectivity index (χ0v) is 13.7. The van der Waals surface area contributed by atoms with Crippen LogP contribution in [0, 0.1) is 5.92 Å². The van der Waals surface area contributed by atoms with Crippen molar-refractivity contribution in [1.82, 2.24) is 10.3 Å². The van der Waals surface area contributed by atoms with Crippen molar-refractivity contribution in [2.24, 2.45) is 11.7 Å². The third kappa shape index (κ3) is 4.82. The zero-order valence-electron chi connectivity index (χ0n) is 13.7. The lowest BCUT2D eigenvalue weighted by atomic mass is 10.0. The van der Waals surface area contributed by atoms with Crippen LogP contribution in [0.3, 0.4) is 0 Å². The van der Waals surface area contributed by atoms with Gasteiger partial charge in [-0.05, 0) is 30.0 Å². The van der Waals surface area contributed by atoms with Crippen molar-refractivity contribution in [3.8, 4) is 5.75 Å². The van der Waals surface area contributed by atoms with Crippen molar-refractivity contribution >= 4 is 5.91 Å². The molecule has 0 spiro atoms. The Kier molecular flexibility index (Phi) is 5.76. The van der Waals surface area contributed by atoms with Crippen LogP contribution in [0.1, 0.15) is 48.3 Å². The van der Waals surface area contributed by atoms with Gasteiger partial charge in [-0.3, -0.25) is 4.79 Å². The van der Waals surface area contributed by atoms with Crippen molar-refractivity contribution in [2.45, 2.75) is 32.9 Å². The molecule has 1 aromatic carbocycles. The number of hydrogen-bond donors (Lipinski definition) is 2. The van der Waals surface area contributed by atoms with Gasteiger partial charge in [-0.25, -0.2) is 4.98 Å². The van der Waals surface area contributed by atoms with Crippen molar-refractivity contribution in [3.63, 3.8) is 0 Å². The molecule has 6 nitrogen and oxygen atoms in total. The van der Waals surface area contributed by atoms with Gasteiger partial charge in [0.1, 0.15) is 12.0 Å². The molecule has 0 aliphatic rings. The average molecular weight is 317 g/mol. The van der Waals surface area contributed by atoms with Crippen molar-refractivity contribution in [3.05, 3.63) is 47.7 Å². The van der Waals surface area contributed by atoms with Crippen LogP contribution in [0.25, 0.3) is 0 Å². The molecule has 0 fully saturated rings. The van der Waals surface area contributed by atoms with Crippen LogP contribution in [0.5, 0.6) is 5.75 Å². The molecule has 2 aromatic rings. The number of carbonyl (C=O) groups is 1. The topological polar surface area (TPSA) is 90.4 Å². The van der Waals surface area contributed by atoms with E-state index in [0.29, 0.717) is 18.4 Å². The third-order valence-electron chi connectivity index (χ3n) is 3.41. The molecular formula is C17H23N3O3. The van der Waals surface area contributed by atoms with Crippen molar-refractivity contribution in [1.29, 1.82) is 0 Å². The molecule has 0 bridgehead atoms. The number of rotatable bonds is 7. The van der Waals surface area contributed by atoms with E-state index in [4.69, 9.17) is 14.9 Å². The van der Waals surface area contributed by atoms with E-state index in [1.807, 2.05) is 24.3 Å². The molecule has 3 N–H and O–H groups in total. The molecule has 1 heterocycles. The number of carbonyl (C=O) groups excluding carboxylic acids is 1. The number of aromatic nitrogens is 1. The average Bonchev–Trinajstić information content (AvgIpc) is 3.02. The van der Waals surface area contributed by atoms with E-state index in [2.05, 4.69) is 24.1 Å². The summed E-state index contributed by atoms with van der Waals surface area (Å²) in [6.45, 7) is 4.56. The Morgan fingerprint density at radius 2 is 2.04 bits per heavy atom. The number of hydrogen-bond acceptors (Lipinski definition) is 5. The fourth-order valence-corrected chi connectivity index (χ4v) is 2.19. The lowest BCUT2D eigenvalue weighted by molar-refractivity contribution is 0.0946. The molecule has 0 aliphatic carbocycles. The maximum Gasteiger partial charge on any atom is 0.273 e. The molecule has 1 unspecified atom stereocenters. The first-order chi connectivity index (χ1) is 11.0. The number of nitrogens with one attached hydrogen (secondary N) is 1. The number of benzene rings is 1. The van der Waals surface area contributed by atoms with E-state index in [1.54, 1.807) is 7.11 Å². The van der Waals surface area contributed by atoms with E-state index < -0.39 is 0 Å². The number of nitrogens with two attached hydrogens (primary N) is 1. The van der Waals surface area contributed by atoms with E-state index >= 15 is 0 Å². The Morgan fingerprint density at radius 3 is 2.65 bits per heavy atom. The second kappa shape index (κ2) is 7.78. The first-order valence-corrected chi connectivity index (χ1v) is 7.61. The lowest BCUT2D eigenvalue weighted by Gasteiger charge is -2.09. The quantitative estimate of drug-likeness (QED) is 0.819. The van der Waals surface area contributed by atoms with Crippen LogP contribution >= 0.6 is 0 Å². The Balaban J connectivity index is 1.91. The fraction of sp³-hybridized carbons (Fsp3) is 0.412. The highest BCUT2D eigenvalue weighted by molar-refractivity contribution is 5.91. The van der Waals surface area contributed by atoms with Gasteiger partial charge < -0.3 is 20.2 Å². The molecule has 0 aliphatic heterocycles. The third-order valence-corrected chi connectivity index (χ3v) is 3.41. The van der Waals surface area contributed by atoms with Gasteiger partial charge in [-0.15, -0.1) is 0 Å². The van der Waals surface area contributed by atoms with Gasteiger partial charge in [-0.2, -0.15) is 0 Å². The molecule has 124 valence electrons. The summed E-state index contributed by atoms with van der Waals surface area (Å²) in [6.07, 6.45) is 2.10. The first kappa shape index (κ1) is 17.0. The molecule has 2 rings (SSSR count). The second-order valence-corrected chi connectivity index (χ2v) is 5.84. The number of nitrogens with zero attached hydrogens (tertiary/aromatic N) is 1. The summed E-state index contributed by atoms with van der Waals surface area (Å²) < 4.78 is 10.4. The fourth-order valence-electron chi connectivity index (χ4n) is 2.19. The highest BCUT2D eigenvalue weighted by Gasteiger charge is 2.17. The first-order valence-electron chi connectivity index (χ1n) is 7.61. The number of oxazole rings is 1. The summed E-state index contributed by atoms with van der Waals surface area (Å²) in [5.41, 5.74) is 7.22. The Morgan fingerprint density at radius 1 is 1.35 bits per heavy atom. The highest BCUT2D eigenvalue weighted by atomic mass is 16.5. The minimum Gasteiger partial charge on any atom is -0.497 e. The smallest absolute Gasteiger partial charge is 0.273 e. The summed E-state index contributed by atoms with van der Waals surface area (Å²) in [4.78, 5) is 16.3. The van der Waals surface area contributed by atoms with E-state index in [0.717, 1.165) is 17.7 Å². The molecule has 0 saturated heterocycles. The number of amides is 1. The molecule has 1 aromatic heterocycles. The predicted octanol–water partition coefficient (Wildman–Crippen LogP) is 2.66. The minimum absolute atomic E-state index is 0.243. The van der Waals surface area contributed by atoms with Gasteiger partial charge in [0.2, 0.25) is 5.89 Å². The van der Waals surface area contributed by atoms with Gasteiger partial charge in [0.15, 0.2) is 5.69 Å². The molecule has 0 saturated carbocycles. The van der Waals surface area contributed by atoms with Crippen LogP contribution in [0.4, 0.5) is 0 Å². The summed E-state index contributed by atoms with van der Waals surface area (Å²) in [7, 11) is 1.61. The molecule has 1 amide bonds. The van der Waals surface area contributed by atoms with Crippen LogP contribution < -0.4 is 15.8 Å². The Bertz CT molecular complexity index is 635. The van der Waals surface area contributed by atoms with Crippen LogP contribution in [-0.4, -0.2) is 18.0 Å². The lowest BCUT2D eigenvalue weighted by Crippen LogP contribution is -2.23. The molecule has 0 radical (unpaired) electrons. The van der Waals surface area contributed by atoms with E-state index in [-0.39, 0.29) is 17.6 Å². The van der Waals surface area contributed by atoms with Gasteiger partial charge >= 0.3 is 0 Å². The SMILES string of the molecule is COc1ccc(CNC(=O)c2coc(C(N)CC(C)C)n2)cc1. The van der Waals surface area contributed by atoms with Crippen molar-refractivity contribution in [2.75, 3.05) is 7.11 Å². The van der Waals surface area contributed by atoms with Crippen LogP contribution in [0.15, 0.2) is 34.9 Å². The molecule has 23 heavy (non-hydrogen) atoms. The van der Waals surface area contributed by atoms with Gasteiger partial charge in [0.25, 0.3) is 5.91 Å². The zero-order chi connectivity index (χ0) is 16.8. The standard InChI is InChI=1S/C17H23N3O3/c1-11(2)8-14(18)17-20-15(10-23-17)16(21)19-9-12-4-6-13(22-3)7-5-12/h4-7,10-11,14H,8-9,18H2,1-3H3,(H,19,21). The summed E-state index contributed by atoms with van der Waals surface area (Å²) in [5, 5.41) is 2.80. The summed E-state index contributed by atoms with van der Waals surface area (Å²) >= 11 is 0. The van der Waals surface area contributed by atoms with Gasteiger partial charge in [-0.1, -0.05) is 26.0 Å². The molecular weight excluding hydrogens is 294 g/mol. The van der Waals surface area contributed by atoms with E-state index in [9.17, 15) is 4.79 Å². The van der Waals surface area contributed by atoms with Gasteiger partial charge in [0.05, 0.1) is 13.2 Å². The van der Waals surface area contributed by atoms with Crippen LogP contribution in [0.2, 0.25) is 0 Å². The Hall–Kier alpha value is -2.34. The largest absolute Gasteiger partial charge is 0.497 e. The van der Waals surface area contributed by atoms with Crippen molar-refractivity contribution < 1.29 is 13.9 Å². The minimum atomic E-state index is -0.293. The summed E-state index contributed by atoms with van der Waals surface area (Å²) in [5.74, 6) is 1.32. The number of methoxy groups -OCH3 is 1. The second-order valence-electron chi connectivity index (χ2n) is 5.84. The van der Waals surface area contributed by atoms with E-state index in [1.165, 1.54) is 6.26 Å². The van der Waals surface area contributed by atoms with Crippen LogP contribution in [-0.2, 0) is 6.54 Å². The maximum atomic E-state index is 12.1. The number of ether oxygens (including phenoxy) is 1. The maximum absolute atomic E-state index is 12.1. The summed E-state index contributed by atoms with van der Waals surface area (Å²) in [6, 6.07) is 7.19. The normalized spacial score (nSPS) is 12.2. The van der Waals surface area contributed by atoms with Gasteiger partial charge in [0, 0.05) is 6.54 Å². The highest BCUT2D eigenvalue weighted by Crippen LogP contribution is 2.18. The monoisotopic (exact) mass is 317 g/mol. The Labute approximate surface area is 136 Å². The predicted molar refractivity (Wildman–Crippen MR) is 87.1 cm³/mol.